The number of carbonyl (C=O) groups excluding carboxylic acids is 2. The summed E-state index contributed by atoms with van der Waals surface area (Å²) >= 11 is 1.86. The first-order chi connectivity index (χ1) is 26.1. The topological polar surface area (TPSA) is 116 Å². The van der Waals surface area contributed by atoms with Crippen LogP contribution in [0.4, 0.5) is 0 Å². The molecule has 1 saturated heterocycles. The molecule has 2 aliphatic carbocycles. The SMILES string of the molecule is CN(OC1CCCCO1)C(=O)C=Cc1ccc(-c2ccc(C3=Cc4ccc5c(c4CC3)CCc3ccccc3-5)s2)cc1.NC(=O)CC1C=CC=CS1(=O)=O. The molecule has 0 radical (unpaired) electrons. The normalized spacial score (nSPS) is 19.5. The van der Waals surface area contributed by atoms with E-state index in [-0.39, 0.29) is 18.6 Å². The summed E-state index contributed by atoms with van der Waals surface area (Å²) in [6.07, 6.45) is 17.2. The fourth-order valence-electron chi connectivity index (χ4n) is 7.31. The minimum absolute atomic E-state index is 0.150. The molecule has 2 unspecified atom stereocenters. The van der Waals surface area contributed by atoms with Crippen molar-refractivity contribution in [2.75, 3.05) is 13.7 Å². The lowest BCUT2D eigenvalue weighted by Gasteiger charge is -2.26. The number of primary amides is 1. The number of sulfone groups is 1. The highest BCUT2D eigenvalue weighted by atomic mass is 32.2. The molecular weight excluding hydrogens is 717 g/mol. The molecule has 0 saturated carbocycles. The first-order valence-electron chi connectivity index (χ1n) is 18.4. The number of allylic oxidation sites excluding steroid dienone is 3. The van der Waals surface area contributed by atoms with E-state index in [9.17, 15) is 18.0 Å². The number of hydroxylamine groups is 2. The monoisotopic (exact) mass is 760 g/mol. The zero-order chi connectivity index (χ0) is 37.7. The molecule has 54 heavy (non-hydrogen) atoms. The smallest absolute Gasteiger partial charge is 0.269 e. The number of nitrogens with zero attached hydrogens (tertiary/aromatic N) is 1. The third-order valence-corrected chi connectivity index (χ3v) is 13.1. The number of fused-ring (bicyclic) bond motifs is 5. The quantitative estimate of drug-likeness (QED) is 0.143. The highest BCUT2D eigenvalue weighted by Gasteiger charge is 2.25. The van der Waals surface area contributed by atoms with Gasteiger partial charge in [-0.2, -0.15) is 0 Å². The Hall–Kier alpha value is -4.87. The van der Waals surface area contributed by atoms with Crippen LogP contribution in [0.5, 0.6) is 0 Å². The maximum atomic E-state index is 12.5. The predicted octanol–water partition coefficient (Wildman–Crippen LogP) is 8.33. The molecule has 3 heterocycles. The number of hydrogen-bond acceptors (Lipinski definition) is 7. The molecule has 1 fully saturated rings. The zero-order valence-corrected chi connectivity index (χ0v) is 31.9. The molecule has 278 valence electrons. The summed E-state index contributed by atoms with van der Waals surface area (Å²) in [5.74, 6) is -0.813. The van der Waals surface area contributed by atoms with Gasteiger partial charge in [0.15, 0.2) is 16.1 Å². The average molecular weight is 761 g/mol. The van der Waals surface area contributed by atoms with Gasteiger partial charge in [-0.3, -0.25) is 9.59 Å². The van der Waals surface area contributed by atoms with E-state index >= 15 is 0 Å². The fourth-order valence-corrected chi connectivity index (χ4v) is 9.58. The number of ether oxygens (including phenoxy) is 1. The largest absolute Gasteiger partial charge is 0.370 e. The minimum Gasteiger partial charge on any atom is -0.370 e. The van der Waals surface area contributed by atoms with Crippen molar-refractivity contribution in [3.8, 4) is 21.6 Å². The van der Waals surface area contributed by atoms with Gasteiger partial charge in [0.25, 0.3) is 5.91 Å². The van der Waals surface area contributed by atoms with E-state index < -0.39 is 21.0 Å². The molecule has 0 spiro atoms. The fraction of sp³-hybridized carbons (Fsp3) is 0.273. The number of thiophene rings is 1. The molecule has 4 aliphatic rings. The Morgan fingerprint density at radius 3 is 2.48 bits per heavy atom. The molecule has 1 aromatic heterocycles. The van der Waals surface area contributed by atoms with Crippen molar-refractivity contribution >= 4 is 50.7 Å². The van der Waals surface area contributed by atoms with Gasteiger partial charge in [-0.05, 0) is 107 Å². The Labute approximate surface area is 321 Å². The maximum Gasteiger partial charge on any atom is 0.269 e. The van der Waals surface area contributed by atoms with E-state index in [1.54, 1.807) is 30.3 Å². The molecule has 2 N–H and O–H groups in total. The van der Waals surface area contributed by atoms with Crippen molar-refractivity contribution in [1.29, 1.82) is 0 Å². The maximum absolute atomic E-state index is 12.5. The van der Waals surface area contributed by atoms with Gasteiger partial charge in [-0.15, -0.1) is 11.3 Å². The molecule has 8 nitrogen and oxygen atoms in total. The Morgan fingerprint density at radius 2 is 1.70 bits per heavy atom. The Balaban J connectivity index is 0.000000321. The highest BCUT2D eigenvalue weighted by Crippen LogP contribution is 2.42. The Morgan fingerprint density at radius 1 is 0.907 bits per heavy atom. The molecule has 2 atom stereocenters. The zero-order valence-electron chi connectivity index (χ0n) is 30.3. The lowest BCUT2D eigenvalue weighted by atomic mass is 9.78. The number of rotatable bonds is 8. The molecule has 4 aromatic rings. The van der Waals surface area contributed by atoms with E-state index in [4.69, 9.17) is 15.3 Å². The standard InChI is InChI=1S/C37H35NO3S.C7H9NO3S/c1-38(41-37-8-4-5-23-40-37)36(39)22-11-25-9-12-27(13-10-25)34-20-21-35(42-34)29-16-17-31-28(24-29)15-19-32-30-7-3-2-6-26(30)14-18-33(31)32;8-7(9)5-6-3-1-2-4-12(6,10)11/h2-3,6-7,9-13,15,19-22,24,37H,4-5,8,14,16-18,23H2,1H3;1-4,6H,5H2,(H2,8,9). The van der Waals surface area contributed by atoms with Crippen LogP contribution in [-0.4, -0.2) is 50.5 Å². The van der Waals surface area contributed by atoms with Crippen LogP contribution in [0.15, 0.2) is 103 Å². The molecule has 2 aliphatic heterocycles. The van der Waals surface area contributed by atoms with Crippen LogP contribution >= 0.6 is 11.3 Å². The van der Waals surface area contributed by atoms with Crippen LogP contribution in [-0.2, 0) is 48.3 Å². The molecular formula is C44H44N2O6S2. The highest BCUT2D eigenvalue weighted by molar-refractivity contribution is 7.95. The summed E-state index contributed by atoms with van der Waals surface area (Å²) < 4.78 is 27.9. The summed E-state index contributed by atoms with van der Waals surface area (Å²) in [7, 11) is -1.65. The van der Waals surface area contributed by atoms with Crippen molar-refractivity contribution in [3.05, 3.63) is 135 Å². The molecule has 10 heteroatoms. The van der Waals surface area contributed by atoms with Gasteiger partial charge in [0.05, 0.1) is 5.25 Å². The second-order valence-corrected chi connectivity index (χ2v) is 17.0. The summed E-state index contributed by atoms with van der Waals surface area (Å²) in [6, 6.07) is 26.4. The van der Waals surface area contributed by atoms with Gasteiger partial charge in [-0.1, -0.05) is 85.0 Å². The van der Waals surface area contributed by atoms with E-state index in [1.165, 1.54) is 60.4 Å². The Kier molecular flexibility index (Phi) is 11.5. The van der Waals surface area contributed by atoms with Crippen molar-refractivity contribution in [2.45, 2.75) is 62.9 Å². The second-order valence-electron chi connectivity index (χ2n) is 13.9. The van der Waals surface area contributed by atoms with Gasteiger partial charge in [0.2, 0.25) is 5.91 Å². The molecule has 8 rings (SSSR count). The van der Waals surface area contributed by atoms with Crippen molar-refractivity contribution in [3.63, 3.8) is 0 Å². The molecule has 2 amide bonds. The third-order valence-electron chi connectivity index (χ3n) is 10.2. The van der Waals surface area contributed by atoms with Crippen LogP contribution in [0.1, 0.15) is 64.8 Å². The van der Waals surface area contributed by atoms with Gasteiger partial charge in [-0.25, -0.2) is 18.3 Å². The van der Waals surface area contributed by atoms with Gasteiger partial charge >= 0.3 is 0 Å². The van der Waals surface area contributed by atoms with Crippen LogP contribution in [0.3, 0.4) is 0 Å². The summed E-state index contributed by atoms with van der Waals surface area (Å²) in [5.41, 5.74) is 17.3. The number of nitrogens with two attached hydrogens (primary N) is 1. The number of benzene rings is 3. The molecule has 0 bridgehead atoms. The first-order valence-corrected chi connectivity index (χ1v) is 20.8. The lowest BCUT2D eigenvalue weighted by Crippen LogP contribution is -2.33. The van der Waals surface area contributed by atoms with Crippen LogP contribution in [0.25, 0.3) is 39.3 Å². The van der Waals surface area contributed by atoms with Crippen LogP contribution < -0.4 is 5.73 Å². The van der Waals surface area contributed by atoms with Gasteiger partial charge in [0.1, 0.15) is 0 Å². The summed E-state index contributed by atoms with van der Waals surface area (Å²) in [4.78, 5) is 31.2. The number of amides is 2. The van der Waals surface area contributed by atoms with Crippen LogP contribution in [0.2, 0.25) is 0 Å². The summed E-state index contributed by atoms with van der Waals surface area (Å²) in [6.45, 7) is 0.684. The number of likely N-dealkylation sites (N-methyl/N-ethyl adjacent to an activating group) is 1. The summed E-state index contributed by atoms with van der Waals surface area (Å²) in [5, 5.41) is 1.57. The van der Waals surface area contributed by atoms with Crippen molar-refractivity contribution in [2.24, 2.45) is 5.73 Å². The lowest BCUT2D eigenvalue weighted by molar-refractivity contribution is -0.269. The van der Waals surface area contributed by atoms with Gasteiger partial charge in [0, 0.05) is 47.7 Å². The number of hydrogen-bond donors (Lipinski definition) is 1. The van der Waals surface area contributed by atoms with Gasteiger partial charge < -0.3 is 10.5 Å². The number of carbonyl (C=O) groups is 2. The van der Waals surface area contributed by atoms with Crippen LogP contribution in [0, 0.1) is 0 Å². The second kappa shape index (κ2) is 16.7. The average Bonchev–Trinajstić information content (AvgIpc) is 3.68. The van der Waals surface area contributed by atoms with Crippen molar-refractivity contribution < 1.29 is 27.6 Å². The third kappa shape index (κ3) is 8.74. The molecule has 3 aromatic carbocycles. The van der Waals surface area contributed by atoms with E-state index in [0.29, 0.717) is 6.61 Å². The minimum atomic E-state index is -3.29. The predicted molar refractivity (Wildman–Crippen MR) is 217 cm³/mol. The Bertz CT molecular complexity index is 2260. The first kappa shape index (κ1) is 37.4. The van der Waals surface area contributed by atoms with E-state index in [2.05, 4.69) is 78.9 Å². The number of aryl methyl sites for hydroxylation is 1. The van der Waals surface area contributed by atoms with E-state index in [1.807, 2.05) is 17.4 Å². The van der Waals surface area contributed by atoms with E-state index in [0.717, 1.165) is 55.9 Å². The van der Waals surface area contributed by atoms with Crippen molar-refractivity contribution in [1.82, 2.24) is 5.06 Å².